The van der Waals surface area contributed by atoms with Crippen molar-refractivity contribution in [2.75, 3.05) is 0 Å². The fraction of sp³-hybridized carbons (Fsp3) is 0.375. The molecule has 0 aliphatic carbocycles. The molecule has 0 atom stereocenters. The van der Waals surface area contributed by atoms with Crippen LogP contribution < -0.4 is 5.73 Å². The van der Waals surface area contributed by atoms with Crippen LogP contribution in [0.4, 0.5) is 0 Å². The lowest BCUT2D eigenvalue weighted by atomic mass is 10.2. The van der Waals surface area contributed by atoms with Crippen LogP contribution in [0.25, 0.3) is 0 Å². The number of nitrogens with two attached hydrogens (primary N) is 1. The van der Waals surface area contributed by atoms with Crippen LogP contribution in [0.15, 0.2) is 12.1 Å². The summed E-state index contributed by atoms with van der Waals surface area (Å²) in [7, 11) is 0. The first-order valence-electron chi connectivity index (χ1n) is 3.71. The van der Waals surface area contributed by atoms with Crippen molar-refractivity contribution in [1.82, 2.24) is 0 Å². The molecule has 66 valence electrons. The van der Waals surface area contributed by atoms with Gasteiger partial charge < -0.3 is 5.73 Å². The molecule has 0 aliphatic rings. The summed E-state index contributed by atoms with van der Waals surface area (Å²) in [6.45, 7) is 0. The maximum Gasteiger partial charge on any atom is 0.0931 e. The molecular weight excluding hydrogens is 210 g/mol. The van der Waals surface area contributed by atoms with E-state index >= 15 is 0 Å². The molecule has 0 fully saturated rings. The topological polar surface area (TPSA) is 26.0 Å². The molecule has 0 aromatic carbocycles. The zero-order valence-corrected chi connectivity index (χ0v) is 8.94. The lowest BCUT2D eigenvalue weighted by Gasteiger charge is -1.95. The van der Waals surface area contributed by atoms with Crippen molar-refractivity contribution in [3.05, 3.63) is 21.3 Å². The van der Waals surface area contributed by atoms with Gasteiger partial charge in [0.15, 0.2) is 0 Å². The lowest BCUT2D eigenvalue weighted by molar-refractivity contribution is 0.881. The van der Waals surface area contributed by atoms with Gasteiger partial charge in [-0.3, -0.25) is 0 Å². The third kappa shape index (κ3) is 3.52. The molecule has 0 unspecified atom stereocenters. The quantitative estimate of drug-likeness (QED) is 0.788. The van der Waals surface area contributed by atoms with Crippen molar-refractivity contribution in [3.63, 3.8) is 0 Å². The zero-order valence-electron chi connectivity index (χ0n) is 6.55. The molecule has 1 aromatic rings. The SMILES string of the molecule is NC(=S)CCCc1ccc(Cl)s1. The Labute approximate surface area is 86.5 Å². The van der Waals surface area contributed by atoms with Gasteiger partial charge in [-0.15, -0.1) is 11.3 Å². The van der Waals surface area contributed by atoms with Crippen LogP contribution in [-0.2, 0) is 6.42 Å². The van der Waals surface area contributed by atoms with Crippen LogP contribution >= 0.6 is 35.2 Å². The van der Waals surface area contributed by atoms with E-state index in [1.807, 2.05) is 12.1 Å². The van der Waals surface area contributed by atoms with Gasteiger partial charge >= 0.3 is 0 Å². The van der Waals surface area contributed by atoms with Gasteiger partial charge in [0.25, 0.3) is 0 Å². The molecule has 0 amide bonds. The highest BCUT2D eigenvalue weighted by molar-refractivity contribution is 7.80. The molecule has 1 rings (SSSR count). The Morgan fingerprint density at radius 2 is 2.33 bits per heavy atom. The van der Waals surface area contributed by atoms with Crippen molar-refractivity contribution in [1.29, 1.82) is 0 Å². The van der Waals surface area contributed by atoms with Gasteiger partial charge in [0.1, 0.15) is 0 Å². The molecule has 0 saturated heterocycles. The second-order valence-electron chi connectivity index (χ2n) is 2.53. The zero-order chi connectivity index (χ0) is 8.97. The van der Waals surface area contributed by atoms with Crippen molar-refractivity contribution >= 4 is 40.1 Å². The van der Waals surface area contributed by atoms with Gasteiger partial charge in [-0.25, -0.2) is 0 Å². The predicted molar refractivity (Wildman–Crippen MR) is 59.1 cm³/mol. The van der Waals surface area contributed by atoms with E-state index in [1.165, 1.54) is 4.88 Å². The van der Waals surface area contributed by atoms with Gasteiger partial charge in [-0.2, -0.15) is 0 Å². The molecule has 12 heavy (non-hydrogen) atoms. The number of thiocarbonyl (C=S) groups is 1. The monoisotopic (exact) mass is 219 g/mol. The Balaban J connectivity index is 2.29. The summed E-state index contributed by atoms with van der Waals surface area (Å²) in [5, 5.41) is 0. The van der Waals surface area contributed by atoms with Crippen LogP contribution in [0, 0.1) is 0 Å². The summed E-state index contributed by atoms with van der Waals surface area (Å²) in [5.74, 6) is 0. The fourth-order valence-electron chi connectivity index (χ4n) is 0.923. The maximum atomic E-state index is 5.77. The van der Waals surface area contributed by atoms with Gasteiger partial charge in [-0.05, 0) is 31.4 Å². The van der Waals surface area contributed by atoms with Crippen LogP contribution in [0.3, 0.4) is 0 Å². The first-order chi connectivity index (χ1) is 5.68. The number of hydrogen-bond donors (Lipinski definition) is 1. The summed E-state index contributed by atoms with van der Waals surface area (Å²) < 4.78 is 0.848. The van der Waals surface area contributed by atoms with Crippen LogP contribution in [0.1, 0.15) is 17.7 Å². The summed E-state index contributed by atoms with van der Waals surface area (Å²) in [6.07, 6.45) is 2.87. The highest BCUT2D eigenvalue weighted by atomic mass is 35.5. The van der Waals surface area contributed by atoms with E-state index in [0.29, 0.717) is 4.99 Å². The van der Waals surface area contributed by atoms with Gasteiger partial charge in [0.05, 0.1) is 9.32 Å². The second-order valence-corrected chi connectivity index (χ2v) is 4.85. The second kappa shape index (κ2) is 4.80. The van der Waals surface area contributed by atoms with Gasteiger partial charge in [0, 0.05) is 4.88 Å². The molecule has 4 heteroatoms. The minimum atomic E-state index is 0.595. The van der Waals surface area contributed by atoms with E-state index in [4.69, 9.17) is 29.6 Å². The summed E-state index contributed by atoms with van der Waals surface area (Å²) >= 11 is 12.2. The number of hydrogen-bond acceptors (Lipinski definition) is 2. The van der Waals surface area contributed by atoms with E-state index in [2.05, 4.69) is 0 Å². The maximum absolute atomic E-state index is 5.77. The number of thiophene rings is 1. The summed E-state index contributed by atoms with van der Waals surface area (Å²) in [6, 6.07) is 3.97. The standard InChI is InChI=1S/C8H10ClNS2/c9-7-5-4-6(12-7)2-1-3-8(10)11/h4-5H,1-3H2,(H2,10,11). The van der Waals surface area contributed by atoms with Crippen molar-refractivity contribution in [2.24, 2.45) is 5.73 Å². The predicted octanol–water partition coefficient (Wildman–Crippen LogP) is 3.01. The number of rotatable bonds is 4. The summed E-state index contributed by atoms with van der Waals surface area (Å²) in [5.41, 5.74) is 5.37. The average Bonchev–Trinajstić information content (AvgIpc) is 2.35. The van der Waals surface area contributed by atoms with Gasteiger partial charge in [0.2, 0.25) is 0 Å². The number of aryl methyl sites for hydroxylation is 1. The highest BCUT2D eigenvalue weighted by Crippen LogP contribution is 2.22. The average molecular weight is 220 g/mol. The van der Waals surface area contributed by atoms with Crippen LogP contribution in [-0.4, -0.2) is 4.99 Å². The first-order valence-corrected chi connectivity index (χ1v) is 5.31. The molecule has 1 nitrogen and oxygen atoms in total. The van der Waals surface area contributed by atoms with Crippen molar-refractivity contribution < 1.29 is 0 Å². The fourth-order valence-corrected chi connectivity index (χ4v) is 2.20. The number of halogens is 1. The largest absolute Gasteiger partial charge is 0.393 e. The van der Waals surface area contributed by atoms with Crippen molar-refractivity contribution in [3.8, 4) is 0 Å². The Bertz CT molecular complexity index is 270. The van der Waals surface area contributed by atoms with E-state index in [0.717, 1.165) is 23.6 Å². The minimum Gasteiger partial charge on any atom is -0.393 e. The third-order valence-corrected chi connectivity index (χ3v) is 2.97. The normalized spacial score (nSPS) is 10.1. The molecule has 0 bridgehead atoms. The lowest BCUT2D eigenvalue weighted by Crippen LogP contribution is -2.07. The van der Waals surface area contributed by atoms with Crippen LogP contribution in [0.5, 0.6) is 0 Å². The summed E-state index contributed by atoms with van der Waals surface area (Å²) in [4.78, 5) is 1.90. The molecule has 0 aliphatic heterocycles. The van der Waals surface area contributed by atoms with E-state index in [9.17, 15) is 0 Å². The molecule has 1 heterocycles. The first kappa shape index (κ1) is 9.96. The molecular formula is C8H10ClNS2. The minimum absolute atomic E-state index is 0.595. The molecule has 0 saturated carbocycles. The smallest absolute Gasteiger partial charge is 0.0931 e. The van der Waals surface area contributed by atoms with Crippen LogP contribution in [0.2, 0.25) is 4.34 Å². The van der Waals surface area contributed by atoms with Crippen molar-refractivity contribution in [2.45, 2.75) is 19.3 Å². The van der Waals surface area contributed by atoms with E-state index in [1.54, 1.807) is 11.3 Å². The molecule has 2 N–H and O–H groups in total. The molecule has 0 radical (unpaired) electrons. The van der Waals surface area contributed by atoms with Gasteiger partial charge in [-0.1, -0.05) is 23.8 Å². The molecule has 1 aromatic heterocycles. The Hall–Kier alpha value is -0.120. The Morgan fingerprint density at radius 1 is 1.58 bits per heavy atom. The highest BCUT2D eigenvalue weighted by Gasteiger charge is 1.97. The third-order valence-electron chi connectivity index (χ3n) is 1.48. The van der Waals surface area contributed by atoms with E-state index in [-0.39, 0.29) is 0 Å². The van der Waals surface area contributed by atoms with E-state index < -0.39 is 0 Å². The molecule has 0 spiro atoms. The Morgan fingerprint density at radius 3 is 2.83 bits per heavy atom. The Kier molecular flexibility index (Phi) is 3.98.